The predicted molar refractivity (Wildman–Crippen MR) is 64.0 cm³/mol. The van der Waals surface area contributed by atoms with Gasteiger partial charge in [-0.1, -0.05) is 19.1 Å². The van der Waals surface area contributed by atoms with Crippen LogP contribution < -0.4 is 4.74 Å². The average molecular weight is 291 g/mol. The Bertz CT molecular complexity index is 387. The number of halogens is 3. The fourth-order valence-corrected chi connectivity index (χ4v) is 2.16. The number of allylic oxidation sites excluding steroid dienone is 1. The molecule has 0 fully saturated rings. The van der Waals surface area contributed by atoms with E-state index in [0.29, 0.717) is 12.2 Å². The summed E-state index contributed by atoms with van der Waals surface area (Å²) in [6.45, 7) is 1.87. The van der Waals surface area contributed by atoms with Crippen LogP contribution in [0, 0.1) is 0 Å². The highest BCUT2D eigenvalue weighted by atomic mass is 79.9. The van der Waals surface area contributed by atoms with E-state index in [1.807, 2.05) is 19.1 Å². The van der Waals surface area contributed by atoms with Crippen molar-refractivity contribution in [3.8, 4) is 5.75 Å². The van der Waals surface area contributed by atoms with E-state index in [4.69, 9.17) is 4.74 Å². The molecule has 4 heteroatoms. The summed E-state index contributed by atoms with van der Waals surface area (Å²) in [5.41, 5.74) is 0.771. The van der Waals surface area contributed by atoms with Crippen LogP contribution in [0.25, 0.3) is 0 Å². The lowest BCUT2D eigenvalue weighted by atomic mass is 9.95. The summed E-state index contributed by atoms with van der Waals surface area (Å²) < 4.78 is 30.6. The van der Waals surface area contributed by atoms with Crippen LogP contribution in [-0.2, 0) is 0 Å². The number of benzene rings is 1. The summed E-state index contributed by atoms with van der Waals surface area (Å²) in [5, 5.41) is 0. The second kappa shape index (κ2) is 5.99. The Labute approximate surface area is 102 Å². The predicted octanol–water partition coefficient (Wildman–Crippen LogP) is 4.73. The Morgan fingerprint density at radius 3 is 2.69 bits per heavy atom. The third-order valence-electron chi connectivity index (χ3n) is 2.37. The van der Waals surface area contributed by atoms with Gasteiger partial charge in [0.1, 0.15) is 5.75 Å². The zero-order chi connectivity index (χ0) is 12.1. The average Bonchev–Trinajstić information content (AvgIpc) is 2.25. The normalized spacial score (nSPS) is 12.1. The van der Waals surface area contributed by atoms with Crippen molar-refractivity contribution in [2.45, 2.75) is 19.3 Å². The van der Waals surface area contributed by atoms with Crippen molar-refractivity contribution in [2.75, 3.05) is 7.11 Å². The first-order valence-electron chi connectivity index (χ1n) is 4.95. The molecule has 0 bridgehead atoms. The third kappa shape index (κ3) is 3.04. The van der Waals surface area contributed by atoms with Crippen LogP contribution >= 0.6 is 15.9 Å². The maximum Gasteiger partial charge on any atom is 0.266 e. The summed E-state index contributed by atoms with van der Waals surface area (Å²) in [6.07, 6.45) is -0.0945. The van der Waals surface area contributed by atoms with Crippen LogP contribution in [0.1, 0.15) is 24.8 Å². The molecule has 0 amide bonds. The molecular weight excluding hydrogens is 278 g/mol. The molecule has 16 heavy (non-hydrogen) atoms. The van der Waals surface area contributed by atoms with Gasteiger partial charge in [-0.3, -0.25) is 0 Å². The van der Waals surface area contributed by atoms with Gasteiger partial charge in [0.15, 0.2) is 0 Å². The molecule has 0 aliphatic carbocycles. The van der Waals surface area contributed by atoms with Crippen molar-refractivity contribution in [1.82, 2.24) is 0 Å². The van der Waals surface area contributed by atoms with Crippen molar-refractivity contribution < 1.29 is 13.5 Å². The van der Waals surface area contributed by atoms with Gasteiger partial charge in [0.05, 0.1) is 11.6 Å². The molecule has 1 aromatic carbocycles. The van der Waals surface area contributed by atoms with E-state index in [0.717, 1.165) is 16.1 Å². The maximum atomic E-state index is 12.3. The zero-order valence-corrected chi connectivity index (χ0v) is 10.7. The maximum absolute atomic E-state index is 12.3. The number of ether oxygens (including phenoxy) is 1. The Kier molecular flexibility index (Phi) is 4.93. The van der Waals surface area contributed by atoms with E-state index >= 15 is 0 Å². The van der Waals surface area contributed by atoms with Crippen molar-refractivity contribution in [3.63, 3.8) is 0 Å². The third-order valence-corrected chi connectivity index (χ3v) is 2.99. The fourth-order valence-electron chi connectivity index (χ4n) is 1.61. The highest BCUT2D eigenvalue weighted by Crippen LogP contribution is 2.36. The highest BCUT2D eigenvalue weighted by Gasteiger charge is 2.15. The SMILES string of the molecule is CC[C@H](C=C(F)F)c1cccc(Br)c1OC. The molecule has 0 spiro atoms. The number of hydrogen-bond acceptors (Lipinski definition) is 1. The molecule has 88 valence electrons. The summed E-state index contributed by atoms with van der Waals surface area (Å²) in [5.74, 6) is 0.296. The lowest BCUT2D eigenvalue weighted by Gasteiger charge is -2.15. The molecule has 0 aliphatic heterocycles. The lowest BCUT2D eigenvalue weighted by Crippen LogP contribution is -1.98. The molecule has 1 nitrogen and oxygen atoms in total. The van der Waals surface area contributed by atoms with Crippen LogP contribution in [0.15, 0.2) is 34.8 Å². The first-order chi connectivity index (χ1) is 7.60. The Hall–Kier alpha value is -0.900. The zero-order valence-electron chi connectivity index (χ0n) is 9.14. The molecule has 1 rings (SSSR count). The van der Waals surface area contributed by atoms with Crippen LogP contribution in [-0.4, -0.2) is 7.11 Å². The van der Waals surface area contributed by atoms with Gasteiger partial charge in [0.25, 0.3) is 6.08 Å². The van der Waals surface area contributed by atoms with E-state index < -0.39 is 6.08 Å². The fraction of sp³-hybridized carbons (Fsp3) is 0.333. The van der Waals surface area contributed by atoms with Gasteiger partial charge >= 0.3 is 0 Å². The largest absolute Gasteiger partial charge is 0.495 e. The van der Waals surface area contributed by atoms with Gasteiger partial charge in [0.2, 0.25) is 0 Å². The lowest BCUT2D eigenvalue weighted by molar-refractivity contribution is 0.399. The molecule has 1 aromatic rings. The van der Waals surface area contributed by atoms with Crippen LogP contribution in [0.5, 0.6) is 5.75 Å². The second-order valence-corrected chi connectivity index (χ2v) is 4.19. The number of hydrogen-bond donors (Lipinski definition) is 0. The van der Waals surface area contributed by atoms with E-state index in [2.05, 4.69) is 15.9 Å². The minimum absolute atomic E-state index is 0.322. The molecule has 0 heterocycles. The minimum atomic E-state index is -1.66. The van der Waals surface area contributed by atoms with Crippen molar-refractivity contribution >= 4 is 15.9 Å². The van der Waals surface area contributed by atoms with Gasteiger partial charge in [-0.2, -0.15) is 8.78 Å². The summed E-state index contributed by atoms with van der Waals surface area (Å²) in [6, 6.07) is 5.44. The summed E-state index contributed by atoms with van der Waals surface area (Å²) in [4.78, 5) is 0. The Morgan fingerprint density at radius 2 is 2.19 bits per heavy atom. The van der Waals surface area contributed by atoms with Gasteiger partial charge in [0, 0.05) is 11.5 Å². The van der Waals surface area contributed by atoms with E-state index in [1.54, 1.807) is 6.07 Å². The Balaban J connectivity index is 3.19. The molecule has 1 atom stereocenters. The summed E-state index contributed by atoms with van der Waals surface area (Å²) >= 11 is 3.34. The quantitative estimate of drug-likeness (QED) is 0.779. The monoisotopic (exact) mass is 290 g/mol. The second-order valence-electron chi connectivity index (χ2n) is 3.33. The number of para-hydroxylation sites is 1. The molecule has 0 aromatic heterocycles. The van der Waals surface area contributed by atoms with Crippen molar-refractivity contribution in [1.29, 1.82) is 0 Å². The van der Waals surface area contributed by atoms with E-state index in [9.17, 15) is 8.78 Å². The molecule has 0 N–H and O–H groups in total. The van der Waals surface area contributed by atoms with Crippen molar-refractivity contribution in [2.24, 2.45) is 0 Å². The van der Waals surface area contributed by atoms with E-state index in [-0.39, 0.29) is 5.92 Å². The number of methoxy groups -OCH3 is 1. The minimum Gasteiger partial charge on any atom is -0.495 e. The smallest absolute Gasteiger partial charge is 0.266 e. The topological polar surface area (TPSA) is 9.23 Å². The number of rotatable bonds is 4. The van der Waals surface area contributed by atoms with Gasteiger partial charge in [-0.25, -0.2) is 0 Å². The molecule has 0 radical (unpaired) electrons. The molecule has 0 saturated heterocycles. The highest BCUT2D eigenvalue weighted by molar-refractivity contribution is 9.10. The van der Waals surface area contributed by atoms with Crippen molar-refractivity contribution in [3.05, 3.63) is 40.4 Å². The van der Waals surface area contributed by atoms with Gasteiger partial charge in [-0.05, 0) is 34.5 Å². The van der Waals surface area contributed by atoms with Gasteiger partial charge in [-0.15, -0.1) is 0 Å². The van der Waals surface area contributed by atoms with Gasteiger partial charge < -0.3 is 4.74 Å². The van der Waals surface area contributed by atoms with E-state index in [1.165, 1.54) is 7.11 Å². The van der Waals surface area contributed by atoms with Crippen LogP contribution in [0.2, 0.25) is 0 Å². The van der Waals surface area contributed by atoms with Crippen LogP contribution in [0.3, 0.4) is 0 Å². The molecular formula is C12H13BrF2O. The summed E-state index contributed by atoms with van der Waals surface area (Å²) in [7, 11) is 1.53. The standard InChI is InChI=1S/C12H13BrF2O/c1-3-8(7-11(14)15)9-5-4-6-10(13)12(9)16-2/h4-8H,3H2,1-2H3/t8-/m1/s1. The van der Waals surface area contributed by atoms with Crippen LogP contribution in [0.4, 0.5) is 8.78 Å². The molecule has 0 unspecified atom stereocenters. The first kappa shape index (κ1) is 13.2. The Morgan fingerprint density at radius 1 is 1.50 bits per heavy atom. The molecule has 0 saturated carbocycles. The first-order valence-corrected chi connectivity index (χ1v) is 5.74. The molecule has 0 aliphatic rings.